The number of carbonyl (C=O) groups excluding carboxylic acids is 1. The fourth-order valence-electron chi connectivity index (χ4n) is 4.03. The lowest BCUT2D eigenvalue weighted by atomic mass is 9.72. The van der Waals surface area contributed by atoms with Crippen molar-refractivity contribution in [2.75, 3.05) is 0 Å². The van der Waals surface area contributed by atoms with E-state index in [0.29, 0.717) is 18.4 Å². The SMILES string of the molecule is CC1(C)CC(=O)C(C(c2cccc[nH+]2)c2c[nH]c3ccccc23)=C(O)C1. The summed E-state index contributed by atoms with van der Waals surface area (Å²) in [7, 11) is 0. The summed E-state index contributed by atoms with van der Waals surface area (Å²) >= 11 is 0. The van der Waals surface area contributed by atoms with E-state index < -0.39 is 0 Å². The first kappa shape index (κ1) is 16.6. The van der Waals surface area contributed by atoms with Crippen molar-refractivity contribution in [1.29, 1.82) is 0 Å². The van der Waals surface area contributed by atoms with Gasteiger partial charge in [-0.3, -0.25) is 4.79 Å². The van der Waals surface area contributed by atoms with E-state index in [1.165, 1.54) is 0 Å². The number of nitrogens with one attached hydrogen (secondary N) is 2. The monoisotopic (exact) mass is 347 g/mol. The second-order valence-electron chi connectivity index (χ2n) is 7.84. The van der Waals surface area contributed by atoms with Gasteiger partial charge < -0.3 is 10.1 Å². The number of hydrogen-bond donors (Lipinski definition) is 2. The van der Waals surface area contributed by atoms with Crippen LogP contribution in [0.25, 0.3) is 10.9 Å². The van der Waals surface area contributed by atoms with Crippen molar-refractivity contribution >= 4 is 16.7 Å². The zero-order valence-corrected chi connectivity index (χ0v) is 15.0. The normalized spacial score (nSPS) is 18.3. The molecule has 0 bridgehead atoms. The summed E-state index contributed by atoms with van der Waals surface area (Å²) < 4.78 is 0. The second kappa shape index (κ2) is 6.13. The summed E-state index contributed by atoms with van der Waals surface area (Å²) in [5.74, 6) is -0.0963. The number of aliphatic hydroxyl groups is 1. The van der Waals surface area contributed by atoms with Crippen LogP contribution in [0.3, 0.4) is 0 Å². The maximum Gasteiger partial charge on any atom is 0.191 e. The van der Waals surface area contributed by atoms with Crippen LogP contribution < -0.4 is 4.98 Å². The third-order valence-electron chi connectivity index (χ3n) is 5.16. The Morgan fingerprint density at radius 3 is 2.62 bits per heavy atom. The lowest BCUT2D eigenvalue weighted by Crippen LogP contribution is -2.30. The molecule has 2 aromatic heterocycles. The van der Waals surface area contributed by atoms with Crippen molar-refractivity contribution in [3.05, 3.63) is 77.4 Å². The van der Waals surface area contributed by atoms with Gasteiger partial charge >= 0.3 is 0 Å². The number of fused-ring (bicyclic) bond motifs is 1. The van der Waals surface area contributed by atoms with Crippen molar-refractivity contribution in [2.24, 2.45) is 5.41 Å². The molecule has 3 aromatic rings. The fraction of sp³-hybridized carbons (Fsp3) is 0.273. The Morgan fingerprint density at radius 2 is 1.88 bits per heavy atom. The van der Waals surface area contributed by atoms with Gasteiger partial charge in [0.2, 0.25) is 0 Å². The lowest BCUT2D eigenvalue weighted by molar-refractivity contribution is -0.391. The average Bonchev–Trinajstić information content (AvgIpc) is 3.02. The second-order valence-corrected chi connectivity index (χ2v) is 7.84. The molecule has 0 radical (unpaired) electrons. The third kappa shape index (κ3) is 2.81. The number of carbonyl (C=O) groups is 1. The minimum absolute atomic E-state index is 0.0197. The Balaban J connectivity index is 1.95. The van der Waals surface area contributed by atoms with E-state index in [1.54, 1.807) is 0 Å². The van der Waals surface area contributed by atoms with E-state index in [2.05, 4.69) is 9.97 Å². The molecule has 0 aliphatic heterocycles. The molecule has 26 heavy (non-hydrogen) atoms. The van der Waals surface area contributed by atoms with Crippen molar-refractivity contribution < 1.29 is 14.9 Å². The first-order valence-corrected chi connectivity index (χ1v) is 8.94. The van der Waals surface area contributed by atoms with Gasteiger partial charge in [-0.05, 0) is 17.0 Å². The van der Waals surface area contributed by atoms with Gasteiger partial charge in [0.25, 0.3) is 0 Å². The number of hydrogen-bond acceptors (Lipinski definition) is 2. The highest BCUT2D eigenvalue weighted by Crippen LogP contribution is 2.43. The van der Waals surface area contributed by atoms with E-state index >= 15 is 0 Å². The predicted molar refractivity (Wildman–Crippen MR) is 101 cm³/mol. The van der Waals surface area contributed by atoms with Gasteiger partial charge in [-0.15, -0.1) is 0 Å². The van der Waals surface area contributed by atoms with Crippen molar-refractivity contribution in [3.63, 3.8) is 0 Å². The molecular formula is C22H23N2O2+. The number of aromatic nitrogens is 2. The van der Waals surface area contributed by atoms with E-state index in [1.807, 2.05) is 68.7 Å². The highest BCUT2D eigenvalue weighted by molar-refractivity contribution is 6.00. The van der Waals surface area contributed by atoms with E-state index in [0.717, 1.165) is 22.2 Å². The molecule has 1 aliphatic rings. The van der Waals surface area contributed by atoms with Crippen LogP contribution in [-0.2, 0) is 4.79 Å². The Bertz CT molecular complexity index is 999. The third-order valence-corrected chi connectivity index (χ3v) is 5.16. The minimum atomic E-state index is -0.323. The highest BCUT2D eigenvalue weighted by Gasteiger charge is 2.40. The van der Waals surface area contributed by atoms with Gasteiger partial charge in [-0.1, -0.05) is 38.1 Å². The summed E-state index contributed by atoms with van der Waals surface area (Å²) in [6, 6.07) is 13.9. The van der Waals surface area contributed by atoms with Gasteiger partial charge in [-0.2, -0.15) is 0 Å². The van der Waals surface area contributed by atoms with Gasteiger partial charge in [0.15, 0.2) is 17.7 Å². The number of aromatic amines is 2. The number of ketones is 1. The quantitative estimate of drug-likeness (QED) is 0.741. The summed E-state index contributed by atoms with van der Waals surface area (Å²) in [5.41, 5.74) is 3.21. The molecule has 0 saturated heterocycles. The van der Waals surface area contributed by atoms with Crippen LogP contribution in [0.5, 0.6) is 0 Å². The van der Waals surface area contributed by atoms with E-state index in [9.17, 15) is 9.90 Å². The van der Waals surface area contributed by atoms with Crippen LogP contribution in [0.15, 0.2) is 66.2 Å². The standard InChI is InChI=1S/C22H22N2O2/c1-22(2)11-18(25)21(19(26)12-22)20(17-9-5-6-10-23-17)15-13-24-16-8-4-3-7-14(15)16/h3-10,13,20,24-25H,11-12H2,1-2H3/p+1. The van der Waals surface area contributed by atoms with Crippen LogP contribution in [0.4, 0.5) is 0 Å². The number of para-hydroxylation sites is 1. The van der Waals surface area contributed by atoms with Crippen LogP contribution >= 0.6 is 0 Å². The van der Waals surface area contributed by atoms with Crippen LogP contribution in [0.1, 0.15) is 43.9 Å². The largest absolute Gasteiger partial charge is 0.512 e. The lowest BCUT2D eigenvalue weighted by Gasteiger charge is -2.31. The average molecular weight is 347 g/mol. The summed E-state index contributed by atoms with van der Waals surface area (Å²) in [6.45, 7) is 4.04. The fourth-order valence-corrected chi connectivity index (χ4v) is 4.03. The molecule has 0 spiro atoms. The van der Waals surface area contributed by atoms with Gasteiger partial charge in [0.1, 0.15) is 11.7 Å². The van der Waals surface area contributed by atoms with Gasteiger partial charge in [-0.25, -0.2) is 4.98 Å². The van der Waals surface area contributed by atoms with E-state index in [4.69, 9.17) is 0 Å². The number of allylic oxidation sites excluding steroid dienone is 2. The molecule has 1 atom stereocenters. The highest BCUT2D eigenvalue weighted by atomic mass is 16.3. The number of H-pyrrole nitrogens is 2. The number of rotatable bonds is 3. The van der Waals surface area contributed by atoms with Crippen molar-refractivity contribution in [2.45, 2.75) is 32.6 Å². The Labute approximate surface area is 152 Å². The zero-order chi connectivity index (χ0) is 18.3. The number of aliphatic hydroxyl groups excluding tert-OH is 1. The minimum Gasteiger partial charge on any atom is -0.512 e. The Hall–Kier alpha value is -2.88. The molecule has 2 heterocycles. The molecule has 4 nitrogen and oxygen atoms in total. The van der Waals surface area contributed by atoms with Crippen molar-refractivity contribution in [1.82, 2.24) is 4.98 Å². The molecule has 1 aliphatic carbocycles. The molecule has 1 aromatic carbocycles. The topological polar surface area (TPSA) is 67.2 Å². The summed E-state index contributed by atoms with van der Waals surface area (Å²) in [5, 5.41) is 11.9. The van der Waals surface area contributed by atoms with Crippen LogP contribution in [0, 0.1) is 5.41 Å². The van der Waals surface area contributed by atoms with Crippen molar-refractivity contribution in [3.8, 4) is 0 Å². The predicted octanol–water partition coefficient (Wildman–Crippen LogP) is 4.32. The summed E-state index contributed by atoms with van der Waals surface area (Å²) in [6.07, 6.45) is 4.76. The molecule has 0 saturated carbocycles. The van der Waals surface area contributed by atoms with Gasteiger partial charge in [0, 0.05) is 42.1 Å². The number of pyridine rings is 1. The maximum atomic E-state index is 13.0. The molecule has 0 fully saturated rings. The molecular weight excluding hydrogens is 324 g/mol. The van der Waals surface area contributed by atoms with Gasteiger partial charge in [0.05, 0.1) is 5.57 Å². The Morgan fingerprint density at radius 1 is 1.12 bits per heavy atom. The molecule has 132 valence electrons. The molecule has 4 heteroatoms. The summed E-state index contributed by atoms with van der Waals surface area (Å²) in [4.78, 5) is 19.6. The number of Topliss-reactive ketones (excluding diaryl/α,β-unsaturated/α-hetero) is 1. The number of benzene rings is 1. The molecule has 3 N–H and O–H groups in total. The molecule has 1 unspecified atom stereocenters. The first-order valence-electron chi connectivity index (χ1n) is 8.94. The van der Waals surface area contributed by atoms with E-state index in [-0.39, 0.29) is 22.9 Å². The Kier molecular flexibility index (Phi) is 3.91. The molecule has 0 amide bonds. The first-order chi connectivity index (χ1) is 12.5. The van der Waals surface area contributed by atoms with Crippen LogP contribution in [0.2, 0.25) is 0 Å². The maximum absolute atomic E-state index is 13.0. The zero-order valence-electron chi connectivity index (χ0n) is 15.0. The van der Waals surface area contributed by atoms with Crippen LogP contribution in [-0.4, -0.2) is 15.9 Å². The smallest absolute Gasteiger partial charge is 0.191 e. The molecule has 4 rings (SSSR count).